The largest absolute Gasteiger partial charge is 0.388 e. The number of hydrogen-bond acceptors (Lipinski definition) is 4. The zero-order valence-electron chi connectivity index (χ0n) is 9.64. The number of halogens is 1. The normalized spacial score (nSPS) is 12.7. The molecule has 0 aliphatic carbocycles. The molecule has 0 saturated heterocycles. The predicted molar refractivity (Wildman–Crippen MR) is 72.2 cm³/mol. The molecule has 0 saturated carbocycles. The second kappa shape index (κ2) is 5.25. The highest BCUT2D eigenvalue weighted by atomic mass is 79.9. The summed E-state index contributed by atoms with van der Waals surface area (Å²) in [5.41, 5.74) is 2.48. The molecule has 17 heavy (non-hydrogen) atoms. The third-order valence-corrected chi connectivity index (χ3v) is 4.52. The van der Waals surface area contributed by atoms with Crippen LogP contribution in [0.5, 0.6) is 0 Å². The van der Waals surface area contributed by atoms with E-state index < -0.39 is 6.10 Å². The second-order valence-corrected chi connectivity index (χ2v) is 5.79. The Hall–Kier alpha value is -0.780. The van der Waals surface area contributed by atoms with Gasteiger partial charge in [-0.15, -0.1) is 11.3 Å². The van der Waals surface area contributed by atoms with Crippen LogP contribution in [0.1, 0.15) is 27.9 Å². The van der Waals surface area contributed by atoms with Crippen LogP contribution in [0.3, 0.4) is 0 Å². The van der Waals surface area contributed by atoms with Crippen LogP contribution in [-0.4, -0.2) is 15.3 Å². The van der Waals surface area contributed by atoms with Crippen LogP contribution in [0, 0.1) is 13.8 Å². The third kappa shape index (κ3) is 2.91. The molecular formula is C12H13BrN2OS. The zero-order valence-corrected chi connectivity index (χ0v) is 12.0. The van der Waals surface area contributed by atoms with Crippen molar-refractivity contribution in [1.29, 1.82) is 0 Å². The van der Waals surface area contributed by atoms with E-state index in [4.69, 9.17) is 0 Å². The predicted octanol–water partition coefficient (Wildman–Crippen LogP) is 3.19. The van der Waals surface area contributed by atoms with Gasteiger partial charge in [-0.1, -0.05) is 0 Å². The average Bonchev–Trinajstić information content (AvgIpc) is 2.68. The molecule has 0 aliphatic heterocycles. The van der Waals surface area contributed by atoms with Gasteiger partial charge in [-0.2, -0.15) is 10.2 Å². The van der Waals surface area contributed by atoms with Gasteiger partial charge in [0.1, 0.15) is 0 Å². The molecule has 1 atom stereocenters. The summed E-state index contributed by atoms with van der Waals surface area (Å²) in [6.07, 6.45) is 0.0728. The molecule has 2 aromatic heterocycles. The zero-order chi connectivity index (χ0) is 12.4. The van der Waals surface area contributed by atoms with Gasteiger partial charge >= 0.3 is 0 Å². The quantitative estimate of drug-likeness (QED) is 0.946. The van der Waals surface area contributed by atoms with Crippen molar-refractivity contribution in [3.63, 3.8) is 0 Å². The first kappa shape index (κ1) is 12.7. The van der Waals surface area contributed by atoms with E-state index in [0.717, 1.165) is 26.3 Å². The van der Waals surface area contributed by atoms with Crippen LogP contribution in [0.15, 0.2) is 22.0 Å². The van der Waals surface area contributed by atoms with Gasteiger partial charge in [0.05, 0.1) is 17.5 Å². The number of nitrogens with zero attached hydrogens (tertiary/aromatic N) is 2. The van der Waals surface area contributed by atoms with Gasteiger partial charge in [-0.3, -0.25) is 0 Å². The first-order valence-corrected chi connectivity index (χ1v) is 6.96. The first-order valence-electron chi connectivity index (χ1n) is 5.28. The molecule has 5 heteroatoms. The Balaban J connectivity index is 2.23. The number of thiophene rings is 1. The molecule has 2 heterocycles. The van der Waals surface area contributed by atoms with Gasteiger partial charge < -0.3 is 5.11 Å². The summed E-state index contributed by atoms with van der Waals surface area (Å²) in [7, 11) is 0. The lowest BCUT2D eigenvalue weighted by Gasteiger charge is -2.12. The Morgan fingerprint density at radius 2 is 2.18 bits per heavy atom. The van der Waals surface area contributed by atoms with Crippen molar-refractivity contribution >= 4 is 27.3 Å². The van der Waals surface area contributed by atoms with Crippen molar-refractivity contribution in [3.8, 4) is 0 Å². The molecule has 90 valence electrons. The van der Waals surface area contributed by atoms with E-state index in [1.165, 1.54) is 0 Å². The Morgan fingerprint density at radius 3 is 2.82 bits per heavy atom. The number of hydrogen-bond donors (Lipinski definition) is 1. The Labute approximate surface area is 113 Å². The molecule has 0 amide bonds. The summed E-state index contributed by atoms with van der Waals surface area (Å²) >= 11 is 5.11. The van der Waals surface area contributed by atoms with Crippen molar-refractivity contribution in [2.24, 2.45) is 0 Å². The van der Waals surface area contributed by atoms with E-state index >= 15 is 0 Å². The van der Waals surface area contributed by atoms with E-state index in [1.807, 2.05) is 31.4 Å². The fourth-order valence-corrected chi connectivity index (χ4v) is 3.22. The minimum atomic E-state index is -0.529. The van der Waals surface area contributed by atoms with Crippen LogP contribution in [0.25, 0.3) is 0 Å². The molecule has 0 radical (unpaired) electrons. The van der Waals surface area contributed by atoms with E-state index in [2.05, 4.69) is 26.1 Å². The highest BCUT2D eigenvalue weighted by Crippen LogP contribution is 2.28. The first-order chi connectivity index (χ1) is 8.08. The van der Waals surface area contributed by atoms with E-state index in [-0.39, 0.29) is 0 Å². The number of rotatable bonds is 3. The standard InChI is InChI=1S/C12H13BrN2OS/c1-7-5-9(8(2)15-14-7)11(16)6-12-10(13)3-4-17-12/h3-5,11,16H,6H2,1-2H3. The Bertz CT molecular complexity index is 527. The van der Waals surface area contributed by atoms with Gasteiger partial charge in [-0.05, 0) is 47.3 Å². The summed E-state index contributed by atoms with van der Waals surface area (Å²) in [5.74, 6) is 0. The summed E-state index contributed by atoms with van der Waals surface area (Å²) in [6, 6.07) is 3.89. The molecule has 0 fully saturated rings. The van der Waals surface area contributed by atoms with Crippen molar-refractivity contribution in [3.05, 3.63) is 43.8 Å². The van der Waals surface area contributed by atoms with Crippen molar-refractivity contribution in [1.82, 2.24) is 10.2 Å². The van der Waals surface area contributed by atoms with Crippen LogP contribution in [0.2, 0.25) is 0 Å². The summed E-state index contributed by atoms with van der Waals surface area (Å²) in [4.78, 5) is 1.14. The molecule has 0 spiro atoms. The smallest absolute Gasteiger partial charge is 0.0857 e. The molecule has 1 N–H and O–H groups in total. The Morgan fingerprint density at radius 1 is 1.41 bits per heavy atom. The number of aliphatic hydroxyl groups excluding tert-OH is 1. The van der Waals surface area contributed by atoms with Gasteiger partial charge in [-0.25, -0.2) is 0 Å². The van der Waals surface area contributed by atoms with Gasteiger partial charge in [0.25, 0.3) is 0 Å². The number of aliphatic hydroxyl groups is 1. The minimum Gasteiger partial charge on any atom is -0.388 e. The maximum atomic E-state index is 10.2. The van der Waals surface area contributed by atoms with Gasteiger partial charge in [0.2, 0.25) is 0 Å². The van der Waals surface area contributed by atoms with Crippen molar-refractivity contribution in [2.45, 2.75) is 26.4 Å². The van der Waals surface area contributed by atoms with Crippen LogP contribution in [0.4, 0.5) is 0 Å². The van der Waals surface area contributed by atoms with Crippen LogP contribution >= 0.6 is 27.3 Å². The maximum absolute atomic E-state index is 10.2. The van der Waals surface area contributed by atoms with Crippen LogP contribution in [-0.2, 0) is 6.42 Å². The lowest BCUT2D eigenvalue weighted by atomic mass is 10.0. The molecular weight excluding hydrogens is 300 g/mol. The van der Waals surface area contributed by atoms with Gasteiger partial charge in [0, 0.05) is 21.3 Å². The van der Waals surface area contributed by atoms with E-state index in [9.17, 15) is 5.11 Å². The molecule has 2 aromatic rings. The van der Waals surface area contributed by atoms with Crippen LogP contribution < -0.4 is 0 Å². The van der Waals surface area contributed by atoms with Crippen molar-refractivity contribution in [2.75, 3.05) is 0 Å². The number of aryl methyl sites for hydroxylation is 2. The lowest BCUT2D eigenvalue weighted by molar-refractivity contribution is 0.177. The molecule has 0 aliphatic rings. The summed E-state index contributed by atoms with van der Waals surface area (Å²) in [5, 5.41) is 20.3. The fourth-order valence-electron chi connectivity index (χ4n) is 1.66. The van der Waals surface area contributed by atoms with Gasteiger partial charge in [0.15, 0.2) is 0 Å². The highest BCUT2D eigenvalue weighted by Gasteiger charge is 2.15. The molecule has 2 rings (SSSR count). The lowest BCUT2D eigenvalue weighted by Crippen LogP contribution is -2.06. The topological polar surface area (TPSA) is 46.0 Å². The summed E-state index contributed by atoms with van der Waals surface area (Å²) in [6.45, 7) is 3.75. The average molecular weight is 313 g/mol. The molecule has 1 unspecified atom stereocenters. The highest BCUT2D eigenvalue weighted by molar-refractivity contribution is 9.10. The molecule has 0 aromatic carbocycles. The molecule has 3 nitrogen and oxygen atoms in total. The Kier molecular flexibility index (Phi) is 3.91. The summed E-state index contributed by atoms with van der Waals surface area (Å²) < 4.78 is 1.05. The van der Waals surface area contributed by atoms with E-state index in [1.54, 1.807) is 11.3 Å². The third-order valence-electron chi connectivity index (χ3n) is 2.57. The SMILES string of the molecule is Cc1cc(C(O)Cc2sccc2Br)c(C)nn1. The maximum Gasteiger partial charge on any atom is 0.0857 e. The molecule has 0 bridgehead atoms. The fraction of sp³-hybridized carbons (Fsp3) is 0.333. The second-order valence-electron chi connectivity index (χ2n) is 3.94. The minimum absolute atomic E-state index is 0.529. The van der Waals surface area contributed by atoms with Crippen molar-refractivity contribution < 1.29 is 5.11 Å². The number of aromatic nitrogens is 2. The van der Waals surface area contributed by atoms with E-state index in [0.29, 0.717) is 6.42 Å². The monoisotopic (exact) mass is 312 g/mol.